The van der Waals surface area contributed by atoms with Crippen molar-refractivity contribution < 1.29 is 22.7 Å². The molecular formula is C17H22N2O5S. The van der Waals surface area contributed by atoms with Gasteiger partial charge in [-0.2, -0.15) is 0 Å². The van der Waals surface area contributed by atoms with Crippen LogP contribution in [0, 0.1) is 0 Å². The van der Waals surface area contributed by atoms with Crippen molar-refractivity contribution >= 4 is 27.3 Å². The number of benzene rings is 1. The first-order valence-electron chi connectivity index (χ1n) is 8.25. The van der Waals surface area contributed by atoms with Crippen LogP contribution in [0.3, 0.4) is 0 Å². The highest BCUT2D eigenvalue weighted by molar-refractivity contribution is 7.91. The quantitative estimate of drug-likeness (QED) is 0.866. The number of sulfone groups is 1. The van der Waals surface area contributed by atoms with E-state index in [0.29, 0.717) is 24.3 Å². The minimum absolute atomic E-state index is 0.0777. The molecule has 3 rings (SSSR count). The maximum Gasteiger partial charge on any atom is 0.230 e. The van der Waals surface area contributed by atoms with Crippen molar-refractivity contribution in [3.63, 3.8) is 0 Å². The summed E-state index contributed by atoms with van der Waals surface area (Å²) < 4.78 is 28.4. The molecule has 1 saturated heterocycles. The predicted molar refractivity (Wildman–Crippen MR) is 93.4 cm³/mol. The molecule has 1 aromatic rings. The highest BCUT2D eigenvalue weighted by Crippen LogP contribution is 2.36. The standard InChI is InChI=1S/C17H22N2O5S/c1-19(11-5-7-25(22,23)8-6-11)17(21)14-10-16(20)18-15-4-3-12(24-2)9-13(14)15/h3-4,9,11,14H,5-8,10H2,1-2H3,(H,18,20)/t14-/m0/s1. The van der Waals surface area contributed by atoms with Gasteiger partial charge in [0.15, 0.2) is 0 Å². The van der Waals surface area contributed by atoms with Gasteiger partial charge in [-0.3, -0.25) is 9.59 Å². The Balaban J connectivity index is 1.83. The molecular weight excluding hydrogens is 344 g/mol. The van der Waals surface area contributed by atoms with Gasteiger partial charge in [0.2, 0.25) is 11.8 Å². The number of nitrogens with one attached hydrogen (secondary N) is 1. The van der Waals surface area contributed by atoms with Crippen molar-refractivity contribution in [1.82, 2.24) is 4.90 Å². The molecule has 7 nitrogen and oxygen atoms in total. The minimum Gasteiger partial charge on any atom is -0.497 e. The van der Waals surface area contributed by atoms with Gasteiger partial charge in [-0.15, -0.1) is 0 Å². The number of hydrogen-bond donors (Lipinski definition) is 1. The highest BCUT2D eigenvalue weighted by atomic mass is 32.2. The number of amides is 2. The van der Waals surface area contributed by atoms with Crippen molar-refractivity contribution in [3.05, 3.63) is 23.8 Å². The Morgan fingerprint density at radius 3 is 2.60 bits per heavy atom. The lowest BCUT2D eigenvalue weighted by molar-refractivity contribution is -0.135. The van der Waals surface area contributed by atoms with Crippen LogP contribution < -0.4 is 10.1 Å². The molecule has 0 spiro atoms. The number of rotatable bonds is 3. The maximum absolute atomic E-state index is 13.0. The molecule has 2 amide bonds. The lowest BCUT2D eigenvalue weighted by Gasteiger charge is -2.35. The summed E-state index contributed by atoms with van der Waals surface area (Å²) in [5.74, 6) is -0.110. The van der Waals surface area contributed by atoms with Crippen molar-refractivity contribution in [1.29, 1.82) is 0 Å². The van der Waals surface area contributed by atoms with Crippen LogP contribution in [-0.4, -0.2) is 56.8 Å². The Hall–Kier alpha value is -2.09. The molecule has 1 atom stereocenters. The van der Waals surface area contributed by atoms with E-state index in [9.17, 15) is 18.0 Å². The number of likely N-dealkylation sites (N-methyl/N-ethyl adjacent to an activating group) is 1. The van der Waals surface area contributed by atoms with Crippen LogP contribution in [0.5, 0.6) is 5.75 Å². The molecule has 0 saturated carbocycles. The van der Waals surface area contributed by atoms with Gasteiger partial charge < -0.3 is 15.0 Å². The van der Waals surface area contributed by atoms with Gasteiger partial charge in [0.25, 0.3) is 0 Å². The number of fused-ring (bicyclic) bond motifs is 1. The van der Waals surface area contributed by atoms with E-state index in [4.69, 9.17) is 4.74 Å². The fourth-order valence-electron chi connectivity index (χ4n) is 3.48. The van der Waals surface area contributed by atoms with E-state index in [0.717, 1.165) is 5.56 Å². The van der Waals surface area contributed by atoms with Crippen molar-refractivity contribution in [2.45, 2.75) is 31.2 Å². The maximum atomic E-state index is 13.0. The molecule has 1 aromatic carbocycles. The van der Waals surface area contributed by atoms with E-state index in [1.807, 2.05) is 0 Å². The molecule has 2 heterocycles. The molecule has 0 aliphatic carbocycles. The third kappa shape index (κ3) is 3.63. The fourth-order valence-corrected chi connectivity index (χ4v) is 4.94. The number of carbonyl (C=O) groups excluding carboxylic acids is 2. The van der Waals surface area contributed by atoms with Crippen molar-refractivity contribution in [3.8, 4) is 5.75 Å². The van der Waals surface area contributed by atoms with Crippen molar-refractivity contribution in [2.75, 3.05) is 31.0 Å². The van der Waals surface area contributed by atoms with Crippen molar-refractivity contribution in [2.24, 2.45) is 0 Å². The number of carbonyl (C=O) groups is 2. The molecule has 0 bridgehead atoms. The summed E-state index contributed by atoms with van der Waals surface area (Å²) in [6.07, 6.45) is 0.956. The minimum atomic E-state index is -2.98. The van der Waals surface area contributed by atoms with Gasteiger partial charge in [0.1, 0.15) is 15.6 Å². The topological polar surface area (TPSA) is 92.8 Å². The molecule has 0 radical (unpaired) electrons. The predicted octanol–water partition coefficient (Wildman–Crippen LogP) is 1.16. The zero-order valence-electron chi connectivity index (χ0n) is 14.3. The lowest BCUT2D eigenvalue weighted by Crippen LogP contribution is -2.45. The summed E-state index contributed by atoms with van der Waals surface area (Å²) in [5, 5.41) is 2.78. The molecule has 1 N–H and O–H groups in total. The van der Waals surface area contributed by atoms with Gasteiger partial charge in [-0.1, -0.05) is 0 Å². The summed E-state index contributed by atoms with van der Waals surface area (Å²) in [4.78, 5) is 26.6. The van der Waals surface area contributed by atoms with Gasteiger partial charge in [0.05, 0.1) is 24.5 Å². The largest absolute Gasteiger partial charge is 0.497 e. The highest BCUT2D eigenvalue weighted by Gasteiger charge is 2.36. The Kier molecular flexibility index (Phi) is 4.73. The third-order valence-electron chi connectivity index (χ3n) is 5.02. The number of anilines is 1. The van der Waals surface area contributed by atoms with Gasteiger partial charge in [-0.05, 0) is 36.6 Å². The van der Waals surface area contributed by atoms with Crippen LogP contribution >= 0.6 is 0 Å². The molecule has 0 aromatic heterocycles. The van der Waals surface area contributed by atoms with Crippen LogP contribution in [0.2, 0.25) is 0 Å². The summed E-state index contributed by atoms with van der Waals surface area (Å²) in [6.45, 7) is 0. The fraction of sp³-hybridized carbons (Fsp3) is 0.529. The second-order valence-electron chi connectivity index (χ2n) is 6.59. The number of ether oxygens (including phenoxy) is 1. The lowest BCUT2D eigenvalue weighted by atomic mass is 9.88. The summed E-state index contributed by atoms with van der Waals surface area (Å²) in [5.41, 5.74) is 1.36. The Labute approximate surface area is 147 Å². The van der Waals surface area contributed by atoms with Crippen LogP contribution in [0.4, 0.5) is 5.69 Å². The van der Waals surface area contributed by atoms with Crippen LogP contribution in [0.15, 0.2) is 18.2 Å². The number of methoxy groups -OCH3 is 1. The molecule has 25 heavy (non-hydrogen) atoms. The zero-order chi connectivity index (χ0) is 18.2. The Morgan fingerprint density at radius 1 is 1.28 bits per heavy atom. The van der Waals surface area contributed by atoms with E-state index in [2.05, 4.69) is 5.32 Å². The van der Waals surface area contributed by atoms with Gasteiger partial charge in [-0.25, -0.2) is 8.42 Å². The first-order valence-corrected chi connectivity index (χ1v) is 10.1. The van der Waals surface area contributed by atoms with E-state index in [-0.39, 0.29) is 35.8 Å². The summed E-state index contributed by atoms with van der Waals surface area (Å²) in [7, 11) is 0.257. The normalized spacial score (nSPS) is 22.6. The van der Waals surface area contributed by atoms with E-state index in [1.54, 1.807) is 37.3 Å². The monoisotopic (exact) mass is 366 g/mol. The van der Waals surface area contributed by atoms with E-state index in [1.165, 1.54) is 0 Å². The zero-order valence-corrected chi connectivity index (χ0v) is 15.1. The first kappa shape index (κ1) is 17.7. The SMILES string of the molecule is COc1ccc2c(c1)[C@@H](C(=O)N(C)C1CCS(=O)(=O)CC1)CC(=O)N2. The number of nitrogens with zero attached hydrogens (tertiary/aromatic N) is 1. The van der Waals surface area contributed by atoms with Crippen LogP contribution in [0.1, 0.15) is 30.7 Å². The molecule has 0 unspecified atom stereocenters. The Bertz CT molecular complexity index is 791. The summed E-state index contributed by atoms with van der Waals surface area (Å²) in [6, 6.07) is 5.13. The van der Waals surface area contributed by atoms with Gasteiger partial charge >= 0.3 is 0 Å². The van der Waals surface area contributed by atoms with E-state index >= 15 is 0 Å². The smallest absolute Gasteiger partial charge is 0.230 e. The first-order chi connectivity index (χ1) is 11.8. The average molecular weight is 366 g/mol. The molecule has 8 heteroatoms. The second kappa shape index (κ2) is 6.67. The van der Waals surface area contributed by atoms with E-state index < -0.39 is 15.8 Å². The average Bonchev–Trinajstić information content (AvgIpc) is 2.59. The summed E-state index contributed by atoms with van der Waals surface area (Å²) >= 11 is 0. The van der Waals surface area contributed by atoms with Crippen LogP contribution in [0.25, 0.3) is 0 Å². The second-order valence-corrected chi connectivity index (χ2v) is 8.89. The van der Waals surface area contributed by atoms with Crippen LogP contribution in [-0.2, 0) is 19.4 Å². The molecule has 2 aliphatic heterocycles. The molecule has 136 valence electrons. The number of hydrogen-bond acceptors (Lipinski definition) is 5. The molecule has 1 fully saturated rings. The van der Waals surface area contributed by atoms with Gasteiger partial charge in [0, 0.05) is 25.2 Å². The Morgan fingerprint density at radius 2 is 1.96 bits per heavy atom. The molecule has 2 aliphatic rings. The third-order valence-corrected chi connectivity index (χ3v) is 6.73.